The molecule has 2 aromatic rings. The van der Waals surface area contributed by atoms with Gasteiger partial charge in [-0.3, -0.25) is 9.59 Å². The summed E-state index contributed by atoms with van der Waals surface area (Å²) >= 11 is 0. The average Bonchev–Trinajstić information content (AvgIpc) is 2.67. The van der Waals surface area contributed by atoms with E-state index in [4.69, 9.17) is 14.2 Å². The average molecular weight is 358 g/mol. The van der Waals surface area contributed by atoms with Gasteiger partial charge in [0.05, 0.1) is 32.1 Å². The van der Waals surface area contributed by atoms with Gasteiger partial charge >= 0.3 is 0 Å². The third-order valence-corrected chi connectivity index (χ3v) is 3.63. The molecule has 0 fully saturated rings. The molecule has 7 heteroatoms. The van der Waals surface area contributed by atoms with Crippen molar-refractivity contribution in [3.05, 3.63) is 53.6 Å². The van der Waals surface area contributed by atoms with Gasteiger partial charge in [0, 0.05) is 25.3 Å². The Morgan fingerprint density at radius 3 is 2.19 bits per heavy atom. The number of anilines is 1. The van der Waals surface area contributed by atoms with Crippen LogP contribution in [0.1, 0.15) is 20.7 Å². The standard InChI is InChI=1S/C19H22N2O5/c1-24-9-8-20-19(23)16-6-4-5-7-17(16)21-18(22)13-10-14(25-2)12-15(11-13)26-3/h4-7,10-12H,8-9H2,1-3H3,(H,20,23)(H,21,22). The summed E-state index contributed by atoms with van der Waals surface area (Å²) < 4.78 is 15.3. The number of carbonyl (C=O) groups is 2. The maximum Gasteiger partial charge on any atom is 0.255 e. The minimum atomic E-state index is -0.376. The van der Waals surface area contributed by atoms with E-state index in [0.717, 1.165) is 0 Å². The number of amides is 2. The van der Waals surface area contributed by atoms with Gasteiger partial charge in [0.1, 0.15) is 11.5 Å². The maximum atomic E-state index is 12.6. The molecule has 26 heavy (non-hydrogen) atoms. The largest absolute Gasteiger partial charge is 0.497 e. The number of ether oxygens (including phenoxy) is 3. The lowest BCUT2D eigenvalue weighted by Crippen LogP contribution is -2.28. The van der Waals surface area contributed by atoms with Crippen LogP contribution in [0, 0.1) is 0 Å². The van der Waals surface area contributed by atoms with Crippen molar-refractivity contribution in [2.24, 2.45) is 0 Å². The molecule has 2 rings (SSSR count). The molecule has 0 unspecified atom stereocenters. The van der Waals surface area contributed by atoms with E-state index in [1.165, 1.54) is 14.2 Å². The van der Waals surface area contributed by atoms with Crippen molar-refractivity contribution in [3.8, 4) is 11.5 Å². The predicted molar refractivity (Wildman–Crippen MR) is 98.2 cm³/mol. The van der Waals surface area contributed by atoms with Crippen LogP contribution in [0.15, 0.2) is 42.5 Å². The molecule has 2 amide bonds. The smallest absolute Gasteiger partial charge is 0.255 e. The topological polar surface area (TPSA) is 85.9 Å². The first kappa shape index (κ1) is 19.3. The molecule has 2 N–H and O–H groups in total. The van der Waals surface area contributed by atoms with Gasteiger partial charge in [-0.2, -0.15) is 0 Å². The molecule has 0 bridgehead atoms. The Labute approximate surface area is 152 Å². The fraction of sp³-hybridized carbons (Fsp3) is 0.263. The number of rotatable bonds is 8. The van der Waals surface area contributed by atoms with E-state index in [9.17, 15) is 9.59 Å². The second-order valence-corrected chi connectivity index (χ2v) is 5.35. The summed E-state index contributed by atoms with van der Waals surface area (Å²) in [6.45, 7) is 0.786. The van der Waals surface area contributed by atoms with Gasteiger partial charge in [-0.25, -0.2) is 0 Å². The molecule has 0 saturated heterocycles. The fourth-order valence-corrected chi connectivity index (χ4v) is 2.28. The Hall–Kier alpha value is -3.06. The molecule has 0 atom stereocenters. The van der Waals surface area contributed by atoms with Crippen LogP contribution < -0.4 is 20.1 Å². The number of nitrogens with one attached hydrogen (secondary N) is 2. The van der Waals surface area contributed by atoms with Gasteiger partial charge in [-0.05, 0) is 24.3 Å². The van der Waals surface area contributed by atoms with Crippen LogP contribution in [-0.4, -0.2) is 46.3 Å². The van der Waals surface area contributed by atoms with Crippen LogP contribution in [0.25, 0.3) is 0 Å². The summed E-state index contributed by atoms with van der Waals surface area (Å²) in [7, 11) is 4.58. The Bertz CT molecular complexity index is 754. The highest BCUT2D eigenvalue weighted by molar-refractivity contribution is 6.09. The highest BCUT2D eigenvalue weighted by Gasteiger charge is 2.15. The van der Waals surface area contributed by atoms with E-state index in [2.05, 4.69) is 10.6 Å². The van der Waals surface area contributed by atoms with Crippen LogP contribution in [0.3, 0.4) is 0 Å². The summed E-state index contributed by atoms with van der Waals surface area (Å²) in [6, 6.07) is 11.7. The summed E-state index contributed by atoms with van der Waals surface area (Å²) in [4.78, 5) is 24.9. The highest BCUT2D eigenvalue weighted by atomic mass is 16.5. The molecule has 2 aromatic carbocycles. The Balaban J connectivity index is 2.20. The third-order valence-electron chi connectivity index (χ3n) is 3.63. The number of carbonyl (C=O) groups excluding carboxylic acids is 2. The maximum absolute atomic E-state index is 12.6. The first-order valence-corrected chi connectivity index (χ1v) is 7.99. The second-order valence-electron chi connectivity index (χ2n) is 5.35. The van der Waals surface area contributed by atoms with Crippen molar-refractivity contribution < 1.29 is 23.8 Å². The van der Waals surface area contributed by atoms with Gasteiger partial charge in [0.25, 0.3) is 11.8 Å². The van der Waals surface area contributed by atoms with E-state index in [1.807, 2.05) is 0 Å². The predicted octanol–water partition coefficient (Wildman–Crippen LogP) is 2.33. The van der Waals surface area contributed by atoms with Crippen LogP contribution >= 0.6 is 0 Å². The van der Waals surface area contributed by atoms with Gasteiger partial charge in [0.15, 0.2) is 0 Å². The SMILES string of the molecule is COCCNC(=O)c1ccccc1NC(=O)c1cc(OC)cc(OC)c1. The molecule has 0 heterocycles. The fourth-order valence-electron chi connectivity index (χ4n) is 2.28. The van der Waals surface area contributed by atoms with Gasteiger partial charge in [-0.15, -0.1) is 0 Å². The molecule has 0 aliphatic carbocycles. The van der Waals surface area contributed by atoms with Crippen LogP contribution in [0.4, 0.5) is 5.69 Å². The van der Waals surface area contributed by atoms with Crippen LogP contribution in [0.5, 0.6) is 11.5 Å². The number of hydrogen-bond acceptors (Lipinski definition) is 5. The van der Waals surface area contributed by atoms with Crippen molar-refractivity contribution >= 4 is 17.5 Å². The Morgan fingerprint density at radius 1 is 0.923 bits per heavy atom. The van der Waals surface area contributed by atoms with Crippen LogP contribution in [-0.2, 0) is 4.74 Å². The summed E-state index contributed by atoms with van der Waals surface area (Å²) in [6.07, 6.45) is 0. The van der Waals surface area contributed by atoms with Crippen molar-refractivity contribution in [2.45, 2.75) is 0 Å². The molecule has 0 aliphatic heterocycles. The van der Waals surface area contributed by atoms with Crippen molar-refractivity contribution in [2.75, 3.05) is 39.8 Å². The van der Waals surface area contributed by atoms with Crippen LogP contribution in [0.2, 0.25) is 0 Å². The molecular weight excluding hydrogens is 336 g/mol. The summed E-state index contributed by atoms with van der Waals surface area (Å²) in [5.41, 5.74) is 1.14. The minimum Gasteiger partial charge on any atom is -0.497 e. The third kappa shape index (κ3) is 4.97. The molecule has 0 aromatic heterocycles. The molecule has 0 radical (unpaired) electrons. The normalized spacial score (nSPS) is 10.1. The molecule has 7 nitrogen and oxygen atoms in total. The van der Waals surface area contributed by atoms with E-state index in [1.54, 1.807) is 49.6 Å². The number of benzene rings is 2. The van der Waals surface area contributed by atoms with E-state index in [0.29, 0.717) is 41.5 Å². The molecule has 138 valence electrons. The van der Waals surface area contributed by atoms with Gasteiger partial charge in [-0.1, -0.05) is 12.1 Å². The first-order valence-electron chi connectivity index (χ1n) is 7.99. The number of hydrogen-bond donors (Lipinski definition) is 2. The minimum absolute atomic E-state index is 0.291. The Kier molecular flexibility index (Phi) is 6.99. The molecule has 0 saturated carbocycles. The quantitative estimate of drug-likeness (QED) is 0.708. The zero-order chi connectivity index (χ0) is 18.9. The lowest BCUT2D eigenvalue weighted by Gasteiger charge is -2.12. The van der Waals surface area contributed by atoms with Crippen molar-refractivity contribution in [1.29, 1.82) is 0 Å². The zero-order valence-corrected chi connectivity index (χ0v) is 15.0. The lowest BCUT2D eigenvalue weighted by molar-refractivity contribution is 0.0938. The highest BCUT2D eigenvalue weighted by Crippen LogP contribution is 2.24. The number of methoxy groups -OCH3 is 3. The molecular formula is C19H22N2O5. The van der Waals surface area contributed by atoms with E-state index < -0.39 is 0 Å². The van der Waals surface area contributed by atoms with Gasteiger partial charge in [0.2, 0.25) is 0 Å². The monoisotopic (exact) mass is 358 g/mol. The lowest BCUT2D eigenvalue weighted by atomic mass is 10.1. The summed E-state index contributed by atoms with van der Waals surface area (Å²) in [5.74, 6) is 0.334. The zero-order valence-electron chi connectivity index (χ0n) is 15.0. The van der Waals surface area contributed by atoms with Crippen molar-refractivity contribution in [3.63, 3.8) is 0 Å². The number of para-hydroxylation sites is 1. The molecule has 0 spiro atoms. The second kappa shape index (κ2) is 9.43. The van der Waals surface area contributed by atoms with Crippen molar-refractivity contribution in [1.82, 2.24) is 5.32 Å². The first-order chi connectivity index (χ1) is 12.6. The van der Waals surface area contributed by atoms with Gasteiger partial charge < -0.3 is 24.8 Å². The summed E-state index contributed by atoms with van der Waals surface area (Å²) in [5, 5.41) is 5.49. The van der Waals surface area contributed by atoms with E-state index >= 15 is 0 Å². The molecule has 0 aliphatic rings. The van der Waals surface area contributed by atoms with E-state index in [-0.39, 0.29) is 11.8 Å². The Morgan fingerprint density at radius 2 is 1.58 bits per heavy atom.